The fraction of sp³-hybridized carbons (Fsp3) is 0.167. The molecule has 4 nitrogen and oxygen atoms in total. The van der Waals surface area contributed by atoms with Crippen molar-refractivity contribution in [2.45, 2.75) is 3.12 Å². The van der Waals surface area contributed by atoms with E-state index in [1.807, 2.05) is 0 Å². The molecule has 0 radical (unpaired) electrons. The zero-order valence-corrected chi connectivity index (χ0v) is 13.3. The van der Waals surface area contributed by atoms with Crippen molar-refractivity contribution >= 4 is 52.4 Å². The highest BCUT2D eigenvalue weighted by Gasteiger charge is 2.26. The maximum Gasteiger partial charge on any atom is 0.256 e. The lowest BCUT2D eigenvalue weighted by molar-refractivity contribution is 0.416. The molecule has 0 bridgehead atoms. The fourth-order valence-electron chi connectivity index (χ4n) is 1.27. The summed E-state index contributed by atoms with van der Waals surface area (Å²) in [5.41, 5.74) is 0.423. The Labute approximate surface area is 136 Å². The van der Waals surface area contributed by atoms with Crippen LogP contribution in [-0.2, 0) is 0 Å². The number of allylic oxidation sites excluding steroid dienone is 1. The Hall–Kier alpha value is -1.24. The van der Waals surface area contributed by atoms with Gasteiger partial charge in [-0.1, -0.05) is 46.9 Å². The quantitative estimate of drug-likeness (QED) is 0.458. The molecule has 0 N–H and O–H groups in total. The highest BCUT2D eigenvalue weighted by Crippen LogP contribution is 2.45. The Morgan fingerprint density at radius 3 is 2.40 bits per heavy atom. The van der Waals surface area contributed by atoms with Crippen molar-refractivity contribution in [2.24, 2.45) is 0 Å². The second-order valence-corrected chi connectivity index (χ2v) is 7.44. The van der Waals surface area contributed by atoms with Gasteiger partial charge in [-0.2, -0.15) is 10.5 Å². The minimum atomic E-state index is -1.66. The molecule has 0 heterocycles. The van der Waals surface area contributed by atoms with Crippen LogP contribution in [-0.4, -0.2) is 10.2 Å². The summed E-state index contributed by atoms with van der Waals surface area (Å²) in [6.45, 7) is 0. The molecule has 1 aromatic rings. The van der Waals surface area contributed by atoms with Crippen LogP contribution < -0.4 is 9.04 Å². The Balaban J connectivity index is 3.28. The van der Waals surface area contributed by atoms with Crippen molar-refractivity contribution in [2.75, 3.05) is 11.4 Å². The summed E-state index contributed by atoms with van der Waals surface area (Å²) in [7, 11) is 1.50. The molecular formula is C12H8Cl3N3OS. The molecule has 0 amide bonds. The fourth-order valence-corrected chi connectivity index (χ4v) is 2.57. The molecule has 0 aromatic heterocycles. The number of hydrogen-bond acceptors (Lipinski definition) is 5. The number of ether oxygens (including phenoxy) is 1. The van der Waals surface area contributed by atoms with Gasteiger partial charge < -0.3 is 4.74 Å². The molecule has 0 saturated carbocycles. The van der Waals surface area contributed by atoms with E-state index in [4.69, 9.17) is 50.1 Å². The van der Waals surface area contributed by atoms with E-state index in [1.54, 1.807) is 36.4 Å². The number of alkyl halides is 3. The van der Waals surface area contributed by atoms with E-state index >= 15 is 0 Å². The second kappa shape index (κ2) is 7.52. The van der Waals surface area contributed by atoms with E-state index in [-0.39, 0.29) is 5.57 Å². The van der Waals surface area contributed by atoms with Crippen LogP contribution in [0.1, 0.15) is 0 Å². The maximum atomic E-state index is 8.84. The number of anilines is 1. The highest BCUT2D eigenvalue weighted by atomic mass is 35.6. The largest absolute Gasteiger partial charge is 0.495 e. The normalized spacial score (nSPS) is 10.1. The predicted octanol–water partition coefficient (Wildman–Crippen LogP) is 4.41. The molecule has 0 spiro atoms. The first-order valence-corrected chi connectivity index (χ1v) is 7.02. The molecule has 1 aromatic carbocycles. The van der Waals surface area contributed by atoms with Crippen LogP contribution in [0.5, 0.6) is 5.75 Å². The van der Waals surface area contributed by atoms with Crippen molar-refractivity contribution in [1.82, 2.24) is 0 Å². The van der Waals surface area contributed by atoms with Gasteiger partial charge in [0.25, 0.3) is 3.12 Å². The summed E-state index contributed by atoms with van der Waals surface area (Å²) < 4.78 is 4.96. The van der Waals surface area contributed by atoms with Crippen molar-refractivity contribution in [3.63, 3.8) is 0 Å². The van der Waals surface area contributed by atoms with Crippen LogP contribution in [0.3, 0.4) is 0 Å². The smallest absolute Gasteiger partial charge is 0.256 e. The topological polar surface area (TPSA) is 60.0 Å². The lowest BCUT2D eigenvalue weighted by Crippen LogP contribution is -2.14. The monoisotopic (exact) mass is 347 g/mol. The van der Waals surface area contributed by atoms with Crippen molar-refractivity contribution in [3.05, 3.63) is 36.0 Å². The number of methoxy groups -OCH3 is 1. The van der Waals surface area contributed by atoms with Crippen LogP contribution in [0.2, 0.25) is 0 Å². The van der Waals surface area contributed by atoms with Crippen LogP contribution in [0.15, 0.2) is 36.0 Å². The van der Waals surface area contributed by atoms with Gasteiger partial charge in [0.2, 0.25) is 0 Å². The van der Waals surface area contributed by atoms with Crippen molar-refractivity contribution in [1.29, 1.82) is 10.5 Å². The van der Waals surface area contributed by atoms with E-state index in [1.165, 1.54) is 17.6 Å². The molecule has 0 aliphatic rings. The number of halogens is 3. The van der Waals surface area contributed by atoms with Gasteiger partial charge in [0, 0.05) is 18.1 Å². The molecule has 0 unspecified atom stereocenters. The average Bonchev–Trinajstić information content (AvgIpc) is 2.42. The molecule has 1 rings (SSSR count). The van der Waals surface area contributed by atoms with Gasteiger partial charge in [-0.25, -0.2) is 0 Å². The number of rotatable bonds is 4. The Bertz CT molecular complexity index is 571. The molecule has 0 aliphatic heterocycles. The third kappa shape index (κ3) is 5.03. The van der Waals surface area contributed by atoms with E-state index in [2.05, 4.69) is 0 Å². The summed E-state index contributed by atoms with van der Waals surface area (Å²) >= 11 is 18.1. The van der Waals surface area contributed by atoms with E-state index in [0.717, 1.165) is 11.9 Å². The first-order valence-electron chi connectivity index (χ1n) is 5.11. The summed E-state index contributed by atoms with van der Waals surface area (Å²) in [5, 5.41) is 17.7. The number of hydrogen-bond donors (Lipinski definition) is 0. The summed E-state index contributed by atoms with van der Waals surface area (Å²) in [5.74, 6) is 0.515. The van der Waals surface area contributed by atoms with Gasteiger partial charge >= 0.3 is 0 Å². The first-order chi connectivity index (χ1) is 9.41. The molecular weight excluding hydrogens is 341 g/mol. The number of para-hydroxylation sites is 2. The van der Waals surface area contributed by atoms with Crippen LogP contribution in [0.25, 0.3) is 0 Å². The molecule has 0 saturated heterocycles. The third-order valence-electron chi connectivity index (χ3n) is 2.01. The minimum Gasteiger partial charge on any atom is -0.495 e. The van der Waals surface area contributed by atoms with Crippen LogP contribution in [0.4, 0.5) is 5.69 Å². The Kier molecular flexibility index (Phi) is 6.32. The Morgan fingerprint density at radius 2 is 1.90 bits per heavy atom. The zero-order valence-electron chi connectivity index (χ0n) is 10.2. The number of benzene rings is 1. The molecule has 0 atom stereocenters. The lowest BCUT2D eigenvalue weighted by atomic mass is 10.3. The van der Waals surface area contributed by atoms with Crippen LogP contribution in [0, 0.1) is 22.7 Å². The maximum absolute atomic E-state index is 8.84. The summed E-state index contributed by atoms with van der Waals surface area (Å²) in [4.78, 5) is 0. The number of nitriles is 2. The number of nitrogens with zero attached hydrogens (tertiary/aromatic N) is 3. The first kappa shape index (κ1) is 16.8. The third-order valence-corrected chi connectivity index (χ3v) is 3.34. The van der Waals surface area contributed by atoms with Gasteiger partial charge in [-0.05, 0) is 12.1 Å². The zero-order chi connectivity index (χ0) is 15.2. The Morgan fingerprint density at radius 1 is 1.30 bits per heavy atom. The standard InChI is InChI=1S/C12H8Cl3N3OS/c1-19-11-5-3-2-4-10(11)18(20-12(13,14)15)8-9(6-16)7-17/h2-5,8H,1H3. The van der Waals surface area contributed by atoms with Crippen molar-refractivity contribution < 1.29 is 4.74 Å². The van der Waals surface area contributed by atoms with E-state index in [0.29, 0.717) is 11.4 Å². The van der Waals surface area contributed by atoms with Gasteiger partial charge in [0.05, 0.1) is 12.8 Å². The summed E-state index contributed by atoms with van der Waals surface area (Å²) in [6, 6.07) is 10.5. The second-order valence-electron chi connectivity index (χ2n) is 3.30. The van der Waals surface area contributed by atoms with E-state index < -0.39 is 3.12 Å². The molecule has 20 heavy (non-hydrogen) atoms. The average molecular weight is 349 g/mol. The molecule has 104 valence electrons. The molecule has 0 fully saturated rings. The molecule has 0 aliphatic carbocycles. The van der Waals surface area contributed by atoms with Crippen molar-refractivity contribution in [3.8, 4) is 17.9 Å². The van der Waals surface area contributed by atoms with Gasteiger partial charge in [0.1, 0.15) is 23.5 Å². The highest BCUT2D eigenvalue weighted by molar-refractivity contribution is 8.06. The predicted molar refractivity (Wildman–Crippen MR) is 82.7 cm³/mol. The SMILES string of the molecule is COc1ccccc1N(C=C(C#N)C#N)SC(Cl)(Cl)Cl. The molecule has 8 heteroatoms. The summed E-state index contributed by atoms with van der Waals surface area (Å²) in [6.07, 6.45) is 1.28. The lowest BCUT2D eigenvalue weighted by Gasteiger charge is -2.24. The van der Waals surface area contributed by atoms with Gasteiger partial charge in [-0.15, -0.1) is 0 Å². The van der Waals surface area contributed by atoms with E-state index in [9.17, 15) is 0 Å². The minimum absolute atomic E-state index is 0.127. The van der Waals surface area contributed by atoms with Crippen LogP contribution >= 0.6 is 46.8 Å². The van der Waals surface area contributed by atoms with Gasteiger partial charge in [-0.3, -0.25) is 4.31 Å². The van der Waals surface area contributed by atoms with Gasteiger partial charge in [0.15, 0.2) is 0 Å².